The van der Waals surface area contributed by atoms with Crippen molar-refractivity contribution in [3.63, 3.8) is 0 Å². The van der Waals surface area contributed by atoms with Crippen molar-refractivity contribution in [3.8, 4) is 0 Å². The van der Waals surface area contributed by atoms with Crippen molar-refractivity contribution in [2.75, 3.05) is 5.32 Å². The highest BCUT2D eigenvalue weighted by atomic mass is 35.5. The minimum absolute atomic E-state index is 0.0119. The lowest BCUT2D eigenvalue weighted by molar-refractivity contribution is -0.148. The highest BCUT2D eigenvalue weighted by molar-refractivity contribution is 6.40. The molecule has 4 rings (SSSR count). The molecule has 0 saturated heterocycles. The molecule has 0 radical (unpaired) electrons. The molecule has 2 unspecified atom stereocenters. The summed E-state index contributed by atoms with van der Waals surface area (Å²) in [5.74, 6) is -2.27. The molecular formula is C26H22Cl2N4O5. The Morgan fingerprint density at radius 1 is 1.08 bits per heavy atom. The monoisotopic (exact) mass is 540 g/mol. The van der Waals surface area contributed by atoms with Gasteiger partial charge < -0.3 is 20.6 Å². The van der Waals surface area contributed by atoms with E-state index < -0.39 is 29.4 Å². The molecule has 0 saturated carbocycles. The van der Waals surface area contributed by atoms with E-state index in [1.807, 2.05) is 0 Å². The van der Waals surface area contributed by atoms with Crippen LogP contribution in [0.3, 0.4) is 0 Å². The van der Waals surface area contributed by atoms with Crippen molar-refractivity contribution in [2.24, 2.45) is 5.16 Å². The molecule has 11 heteroatoms. The van der Waals surface area contributed by atoms with Crippen LogP contribution in [-0.4, -0.2) is 45.2 Å². The zero-order chi connectivity index (χ0) is 26.6. The molecule has 1 aliphatic heterocycles. The molecule has 0 aliphatic carbocycles. The third kappa shape index (κ3) is 6.07. The molecule has 0 fully saturated rings. The van der Waals surface area contributed by atoms with Gasteiger partial charge in [0.1, 0.15) is 6.04 Å². The molecule has 3 aromatic rings. The van der Waals surface area contributed by atoms with Gasteiger partial charge in [-0.1, -0.05) is 46.6 Å². The number of halogens is 2. The lowest BCUT2D eigenvalue weighted by atomic mass is 9.95. The van der Waals surface area contributed by atoms with Gasteiger partial charge >= 0.3 is 5.97 Å². The van der Waals surface area contributed by atoms with Crippen molar-refractivity contribution >= 4 is 52.4 Å². The Balaban J connectivity index is 1.38. The number of pyridine rings is 1. The van der Waals surface area contributed by atoms with Gasteiger partial charge in [0.15, 0.2) is 0 Å². The lowest BCUT2D eigenvalue weighted by Gasteiger charge is -2.23. The summed E-state index contributed by atoms with van der Waals surface area (Å²) >= 11 is 12.2. The van der Waals surface area contributed by atoms with Gasteiger partial charge in [-0.3, -0.25) is 14.6 Å². The number of aromatic nitrogens is 1. The SMILES string of the molecule is CC1(C(=O)NC(Cc2ccc(NC(=O)c3c(Cl)cccc3Cl)cc2)C(=O)O)CC(c2cccnc2)=NO1. The summed E-state index contributed by atoms with van der Waals surface area (Å²) in [5.41, 5.74) is 1.17. The van der Waals surface area contributed by atoms with E-state index in [0.29, 0.717) is 17.0 Å². The van der Waals surface area contributed by atoms with Gasteiger partial charge in [0.2, 0.25) is 5.60 Å². The molecule has 9 nitrogen and oxygen atoms in total. The Hall–Kier alpha value is -3.95. The maximum absolute atomic E-state index is 13.0. The summed E-state index contributed by atoms with van der Waals surface area (Å²) in [6, 6.07) is 13.7. The number of nitrogens with zero attached hydrogens (tertiary/aromatic N) is 2. The highest BCUT2D eigenvalue weighted by Crippen LogP contribution is 2.27. The Kier molecular flexibility index (Phi) is 7.75. The second-order valence-electron chi connectivity index (χ2n) is 8.59. The zero-order valence-electron chi connectivity index (χ0n) is 19.6. The number of amides is 2. The summed E-state index contributed by atoms with van der Waals surface area (Å²) in [4.78, 5) is 46.9. The molecule has 3 N–H and O–H groups in total. The lowest BCUT2D eigenvalue weighted by Crippen LogP contribution is -2.51. The first-order chi connectivity index (χ1) is 17.7. The fourth-order valence-corrected chi connectivity index (χ4v) is 4.30. The van der Waals surface area contributed by atoms with Gasteiger partial charge in [-0.25, -0.2) is 4.79 Å². The summed E-state index contributed by atoms with van der Waals surface area (Å²) in [7, 11) is 0. The minimum atomic E-state index is -1.35. The topological polar surface area (TPSA) is 130 Å². The van der Waals surface area contributed by atoms with Crippen LogP contribution in [0, 0.1) is 0 Å². The predicted octanol–water partition coefficient (Wildman–Crippen LogP) is 4.34. The van der Waals surface area contributed by atoms with Gasteiger partial charge in [0, 0.05) is 36.5 Å². The van der Waals surface area contributed by atoms with E-state index in [2.05, 4.69) is 20.8 Å². The van der Waals surface area contributed by atoms with Crippen LogP contribution in [-0.2, 0) is 20.8 Å². The molecule has 2 aromatic carbocycles. The van der Waals surface area contributed by atoms with Crippen LogP contribution in [0.25, 0.3) is 0 Å². The number of nitrogens with one attached hydrogen (secondary N) is 2. The Morgan fingerprint density at radius 3 is 2.41 bits per heavy atom. The minimum Gasteiger partial charge on any atom is -0.480 e. The van der Waals surface area contributed by atoms with Crippen molar-refractivity contribution < 1.29 is 24.3 Å². The maximum Gasteiger partial charge on any atom is 0.326 e. The molecule has 2 atom stereocenters. The third-order valence-electron chi connectivity index (χ3n) is 5.78. The molecular weight excluding hydrogens is 519 g/mol. The van der Waals surface area contributed by atoms with Crippen molar-refractivity contribution in [1.82, 2.24) is 10.3 Å². The largest absolute Gasteiger partial charge is 0.480 e. The fraction of sp³-hybridized carbons (Fsp3) is 0.192. The number of hydrogen-bond donors (Lipinski definition) is 3. The third-order valence-corrected chi connectivity index (χ3v) is 6.41. The van der Waals surface area contributed by atoms with E-state index in [1.165, 1.54) is 0 Å². The van der Waals surface area contributed by atoms with Crippen LogP contribution in [0.4, 0.5) is 5.69 Å². The molecule has 0 bridgehead atoms. The number of carboxylic acids is 1. The van der Waals surface area contributed by atoms with Crippen LogP contribution in [0.5, 0.6) is 0 Å². The zero-order valence-corrected chi connectivity index (χ0v) is 21.1. The molecule has 190 valence electrons. The van der Waals surface area contributed by atoms with E-state index in [9.17, 15) is 19.5 Å². The van der Waals surface area contributed by atoms with Gasteiger partial charge in [-0.2, -0.15) is 0 Å². The van der Waals surface area contributed by atoms with Gasteiger partial charge in [-0.15, -0.1) is 0 Å². The number of hydrogen-bond acceptors (Lipinski definition) is 6. The summed E-state index contributed by atoms with van der Waals surface area (Å²) in [5, 5.41) is 19.4. The smallest absolute Gasteiger partial charge is 0.326 e. The number of carbonyl (C=O) groups is 3. The number of rotatable bonds is 8. The first kappa shape index (κ1) is 26.1. The summed E-state index contributed by atoms with van der Waals surface area (Å²) in [6.45, 7) is 1.55. The first-order valence-corrected chi connectivity index (χ1v) is 12.0. The average molecular weight is 541 g/mol. The normalized spacial score (nSPS) is 17.3. The van der Waals surface area contributed by atoms with Gasteiger partial charge in [0.05, 0.1) is 21.3 Å². The second-order valence-corrected chi connectivity index (χ2v) is 9.41. The fourth-order valence-electron chi connectivity index (χ4n) is 3.73. The van der Waals surface area contributed by atoms with Crippen molar-refractivity contribution in [1.29, 1.82) is 0 Å². The first-order valence-electron chi connectivity index (χ1n) is 11.2. The van der Waals surface area contributed by atoms with Gasteiger partial charge in [0.25, 0.3) is 11.8 Å². The molecule has 1 aliphatic rings. The van der Waals surface area contributed by atoms with E-state index in [0.717, 1.165) is 5.56 Å². The van der Waals surface area contributed by atoms with Crippen LogP contribution in [0.1, 0.15) is 34.8 Å². The van der Waals surface area contributed by atoms with Crippen molar-refractivity contribution in [2.45, 2.75) is 31.4 Å². The number of aliphatic carboxylic acids is 1. The molecule has 37 heavy (non-hydrogen) atoms. The van der Waals surface area contributed by atoms with E-state index >= 15 is 0 Å². The van der Waals surface area contributed by atoms with Crippen molar-refractivity contribution in [3.05, 3.63) is 93.7 Å². The number of carboxylic acid groups (broad SMARTS) is 1. The van der Waals surface area contributed by atoms with E-state index in [4.69, 9.17) is 28.0 Å². The van der Waals surface area contributed by atoms with Crippen LogP contribution < -0.4 is 10.6 Å². The standard InChI is InChI=1S/C26H22Cl2N4O5/c1-26(13-21(32-37-26)16-4-3-11-29-14-16)25(36)31-20(24(34)35)12-15-7-9-17(10-8-15)30-23(33)22-18(27)5-2-6-19(22)28/h2-11,14,20H,12-13H2,1H3,(H,30,33)(H,31,36)(H,34,35). The number of carbonyl (C=O) groups excluding carboxylic acids is 2. The maximum atomic E-state index is 13.0. The van der Waals surface area contributed by atoms with Crippen LogP contribution in [0.15, 0.2) is 72.1 Å². The van der Waals surface area contributed by atoms with Crippen LogP contribution >= 0.6 is 23.2 Å². The highest BCUT2D eigenvalue weighted by Gasteiger charge is 2.43. The predicted molar refractivity (Wildman–Crippen MR) is 139 cm³/mol. The number of anilines is 1. The van der Waals surface area contributed by atoms with Gasteiger partial charge in [-0.05, 0) is 48.9 Å². The summed E-state index contributed by atoms with van der Waals surface area (Å²) in [6.07, 6.45) is 3.41. The number of benzene rings is 2. The average Bonchev–Trinajstić information content (AvgIpc) is 3.28. The molecule has 0 spiro atoms. The number of oxime groups is 1. The Morgan fingerprint density at radius 2 is 1.78 bits per heavy atom. The van der Waals surface area contributed by atoms with E-state index in [1.54, 1.807) is 73.9 Å². The quantitative estimate of drug-likeness (QED) is 0.389. The Bertz CT molecular complexity index is 1340. The molecule has 1 aromatic heterocycles. The van der Waals surface area contributed by atoms with E-state index in [-0.39, 0.29) is 28.5 Å². The molecule has 2 heterocycles. The van der Waals surface area contributed by atoms with Crippen LogP contribution in [0.2, 0.25) is 10.0 Å². The summed E-state index contributed by atoms with van der Waals surface area (Å²) < 4.78 is 0. The Labute approximate surface area is 222 Å². The second kappa shape index (κ2) is 11.0. The molecule has 2 amide bonds.